The molecule has 0 unspecified atom stereocenters. The summed E-state index contributed by atoms with van der Waals surface area (Å²) in [5, 5.41) is 6.16. The van der Waals surface area contributed by atoms with Crippen LogP contribution in [0.15, 0.2) is 48.5 Å². The van der Waals surface area contributed by atoms with Gasteiger partial charge >= 0.3 is 6.18 Å². The lowest BCUT2D eigenvalue weighted by Gasteiger charge is -2.23. The Hall–Kier alpha value is -2.28. The maximum atomic E-state index is 12.7. The molecule has 2 N–H and O–H groups in total. The Morgan fingerprint density at radius 3 is 2.44 bits per heavy atom. The molecule has 0 radical (unpaired) electrons. The van der Waals surface area contributed by atoms with Gasteiger partial charge in [-0.25, -0.2) is 0 Å². The van der Waals surface area contributed by atoms with Crippen LogP contribution < -0.4 is 15.5 Å². The van der Waals surface area contributed by atoms with Gasteiger partial charge in [0.05, 0.1) is 5.56 Å². The van der Waals surface area contributed by atoms with Crippen LogP contribution in [0.25, 0.3) is 0 Å². The van der Waals surface area contributed by atoms with Crippen molar-refractivity contribution < 1.29 is 13.2 Å². The van der Waals surface area contributed by atoms with Gasteiger partial charge in [-0.3, -0.25) is 0 Å². The number of rotatable bonds is 7. The van der Waals surface area contributed by atoms with Gasteiger partial charge in [-0.05, 0) is 62.8 Å². The summed E-state index contributed by atoms with van der Waals surface area (Å²) in [6.07, 6.45) is -3.52. The summed E-state index contributed by atoms with van der Waals surface area (Å²) in [5.74, 6) is 0. The van der Waals surface area contributed by atoms with E-state index in [1.807, 2.05) is 0 Å². The molecule has 2 rings (SSSR count). The van der Waals surface area contributed by atoms with Gasteiger partial charge < -0.3 is 15.5 Å². The molecule has 0 atom stereocenters. The Morgan fingerprint density at radius 2 is 1.81 bits per heavy atom. The number of halogens is 3. The average molecular weight is 395 g/mol. The number of hydrogen-bond donors (Lipinski definition) is 2. The Labute approximate surface area is 163 Å². The van der Waals surface area contributed by atoms with E-state index in [1.165, 1.54) is 17.3 Å². The zero-order valence-corrected chi connectivity index (χ0v) is 16.3. The second-order valence-electron chi connectivity index (χ2n) is 6.23. The minimum Gasteiger partial charge on any atom is -0.372 e. The van der Waals surface area contributed by atoms with Crippen molar-refractivity contribution in [3.63, 3.8) is 0 Å². The first-order valence-electron chi connectivity index (χ1n) is 8.83. The molecule has 0 aliphatic carbocycles. The minimum atomic E-state index is -4.37. The van der Waals surface area contributed by atoms with Crippen LogP contribution in [0.1, 0.15) is 24.5 Å². The van der Waals surface area contributed by atoms with E-state index in [2.05, 4.69) is 53.6 Å². The van der Waals surface area contributed by atoms with Gasteiger partial charge in [-0.15, -0.1) is 0 Å². The third-order valence-electron chi connectivity index (χ3n) is 4.12. The van der Waals surface area contributed by atoms with Crippen LogP contribution in [0.3, 0.4) is 0 Å². The molecule has 0 bridgehead atoms. The predicted octanol–water partition coefficient (Wildman–Crippen LogP) is 5.22. The number of nitrogens with one attached hydrogen (secondary N) is 2. The third kappa shape index (κ3) is 6.75. The number of hydrogen-bond acceptors (Lipinski definition) is 2. The first kappa shape index (κ1) is 21.0. The lowest BCUT2D eigenvalue weighted by molar-refractivity contribution is -0.137. The van der Waals surface area contributed by atoms with E-state index in [4.69, 9.17) is 12.2 Å². The van der Waals surface area contributed by atoms with Crippen molar-refractivity contribution in [1.82, 2.24) is 5.32 Å². The van der Waals surface area contributed by atoms with Crippen LogP contribution in [-0.2, 0) is 6.18 Å². The SMILES string of the molecule is CCN(CCCNC(=S)Nc1cccc(C(F)(F)F)c1)c1ccc(C)cc1. The molecule has 0 spiro atoms. The molecule has 0 saturated carbocycles. The number of anilines is 2. The molecule has 0 aliphatic rings. The quantitative estimate of drug-likeness (QED) is 0.497. The van der Waals surface area contributed by atoms with Gasteiger partial charge in [-0.1, -0.05) is 23.8 Å². The molecule has 0 fully saturated rings. The number of alkyl halides is 3. The highest BCUT2D eigenvalue weighted by Crippen LogP contribution is 2.30. The topological polar surface area (TPSA) is 27.3 Å². The van der Waals surface area contributed by atoms with Crippen molar-refractivity contribution in [2.24, 2.45) is 0 Å². The molecule has 0 aromatic heterocycles. The van der Waals surface area contributed by atoms with Crippen LogP contribution in [0.2, 0.25) is 0 Å². The Kier molecular flexibility index (Phi) is 7.47. The highest BCUT2D eigenvalue weighted by atomic mass is 32.1. The predicted molar refractivity (Wildman–Crippen MR) is 109 cm³/mol. The molecule has 2 aromatic rings. The van der Waals surface area contributed by atoms with Crippen molar-refractivity contribution in [3.8, 4) is 0 Å². The monoisotopic (exact) mass is 395 g/mol. The zero-order valence-electron chi connectivity index (χ0n) is 15.4. The molecule has 7 heteroatoms. The van der Waals surface area contributed by atoms with Gasteiger partial charge in [0.2, 0.25) is 0 Å². The van der Waals surface area contributed by atoms with Gasteiger partial charge in [0, 0.05) is 31.0 Å². The summed E-state index contributed by atoms with van der Waals surface area (Å²) < 4.78 is 38.2. The Bertz CT molecular complexity index is 745. The molecule has 0 aliphatic heterocycles. The van der Waals surface area contributed by atoms with E-state index in [0.717, 1.165) is 31.6 Å². The lowest BCUT2D eigenvalue weighted by Crippen LogP contribution is -2.32. The van der Waals surface area contributed by atoms with E-state index in [0.29, 0.717) is 17.3 Å². The maximum absolute atomic E-state index is 12.7. The van der Waals surface area contributed by atoms with Gasteiger partial charge in [0.1, 0.15) is 0 Å². The standard InChI is InChI=1S/C20H24F3N3S/c1-3-26(18-10-8-15(2)9-11-18)13-5-12-24-19(27)25-17-7-4-6-16(14-17)20(21,22)23/h4,6-11,14H,3,5,12-13H2,1-2H3,(H2,24,25,27). The fraction of sp³-hybridized carbons (Fsp3) is 0.350. The summed E-state index contributed by atoms with van der Waals surface area (Å²) >= 11 is 5.17. The number of benzene rings is 2. The van der Waals surface area contributed by atoms with Crippen LogP contribution >= 0.6 is 12.2 Å². The van der Waals surface area contributed by atoms with Crippen molar-refractivity contribution in [3.05, 3.63) is 59.7 Å². The van der Waals surface area contributed by atoms with Gasteiger partial charge in [-0.2, -0.15) is 13.2 Å². The molecule has 0 saturated heterocycles. The van der Waals surface area contributed by atoms with Gasteiger partial charge in [0.25, 0.3) is 0 Å². The smallest absolute Gasteiger partial charge is 0.372 e. The van der Waals surface area contributed by atoms with E-state index in [1.54, 1.807) is 6.07 Å². The molecular formula is C20H24F3N3S. The fourth-order valence-corrected chi connectivity index (χ4v) is 2.87. The average Bonchev–Trinajstić information content (AvgIpc) is 2.62. The second kappa shape index (κ2) is 9.60. The van der Waals surface area contributed by atoms with Crippen LogP contribution in [0.4, 0.5) is 24.5 Å². The zero-order chi connectivity index (χ0) is 19.9. The summed E-state index contributed by atoms with van der Waals surface area (Å²) in [4.78, 5) is 2.27. The van der Waals surface area contributed by atoms with Gasteiger partial charge in [0.15, 0.2) is 5.11 Å². The van der Waals surface area contributed by atoms with E-state index < -0.39 is 11.7 Å². The largest absolute Gasteiger partial charge is 0.416 e. The van der Waals surface area contributed by atoms with Crippen LogP contribution in [0.5, 0.6) is 0 Å². The molecule has 146 valence electrons. The Balaban J connectivity index is 1.78. The summed E-state index contributed by atoms with van der Waals surface area (Å²) in [7, 11) is 0. The number of aryl methyl sites for hydroxylation is 1. The maximum Gasteiger partial charge on any atom is 0.416 e. The minimum absolute atomic E-state index is 0.313. The van der Waals surface area contributed by atoms with Crippen molar-refractivity contribution in [2.45, 2.75) is 26.4 Å². The highest BCUT2D eigenvalue weighted by Gasteiger charge is 2.30. The van der Waals surface area contributed by atoms with Crippen molar-refractivity contribution in [2.75, 3.05) is 29.9 Å². The summed E-state index contributed by atoms with van der Waals surface area (Å²) in [6.45, 7) is 6.55. The van der Waals surface area contributed by atoms with E-state index in [9.17, 15) is 13.2 Å². The first-order chi connectivity index (χ1) is 12.8. The summed E-state index contributed by atoms with van der Waals surface area (Å²) in [5.41, 5.74) is 2.01. The second-order valence-corrected chi connectivity index (χ2v) is 6.64. The fourth-order valence-electron chi connectivity index (χ4n) is 2.65. The molecule has 0 amide bonds. The molecule has 2 aromatic carbocycles. The number of thiocarbonyl (C=S) groups is 1. The lowest BCUT2D eigenvalue weighted by atomic mass is 10.2. The van der Waals surface area contributed by atoms with E-state index in [-0.39, 0.29) is 0 Å². The van der Waals surface area contributed by atoms with Crippen molar-refractivity contribution in [1.29, 1.82) is 0 Å². The summed E-state index contributed by atoms with van der Waals surface area (Å²) in [6, 6.07) is 13.4. The third-order valence-corrected chi connectivity index (χ3v) is 4.37. The van der Waals surface area contributed by atoms with Crippen LogP contribution in [-0.4, -0.2) is 24.7 Å². The van der Waals surface area contributed by atoms with Crippen LogP contribution in [0, 0.1) is 6.92 Å². The van der Waals surface area contributed by atoms with Crippen molar-refractivity contribution >= 4 is 28.7 Å². The molecule has 0 heterocycles. The molecule has 3 nitrogen and oxygen atoms in total. The highest BCUT2D eigenvalue weighted by molar-refractivity contribution is 7.80. The van der Waals surface area contributed by atoms with E-state index >= 15 is 0 Å². The molecule has 27 heavy (non-hydrogen) atoms. The number of nitrogens with zero attached hydrogens (tertiary/aromatic N) is 1. The normalized spacial score (nSPS) is 11.1. The molecular weight excluding hydrogens is 371 g/mol. The first-order valence-corrected chi connectivity index (χ1v) is 9.24. The Morgan fingerprint density at radius 1 is 1.11 bits per heavy atom.